The van der Waals surface area contributed by atoms with E-state index in [9.17, 15) is 4.39 Å². The molecule has 0 unspecified atom stereocenters. The number of aromatic nitrogens is 2. The van der Waals surface area contributed by atoms with E-state index < -0.39 is 6.17 Å². The first-order valence-electron chi connectivity index (χ1n) is 4.62. The van der Waals surface area contributed by atoms with Crippen LogP contribution in [0.5, 0.6) is 0 Å². The van der Waals surface area contributed by atoms with E-state index in [2.05, 4.69) is 9.97 Å². The zero-order valence-electron chi connectivity index (χ0n) is 7.66. The predicted molar refractivity (Wildman–Crippen MR) is 53.4 cm³/mol. The standard InChI is InChI=1S/C9H11ClFN3/c10-8-5-12-6-9(13-8)14-3-1-7(11)2-4-14/h5-7H,1-4H2. The number of hydrogen-bond donors (Lipinski definition) is 0. The molecule has 14 heavy (non-hydrogen) atoms. The monoisotopic (exact) mass is 215 g/mol. The maximum absolute atomic E-state index is 12.9. The number of hydrogen-bond acceptors (Lipinski definition) is 3. The van der Waals surface area contributed by atoms with E-state index in [1.165, 1.54) is 6.20 Å². The molecule has 0 aromatic carbocycles. The van der Waals surface area contributed by atoms with Crippen molar-refractivity contribution in [3.8, 4) is 0 Å². The van der Waals surface area contributed by atoms with Crippen LogP contribution in [0.3, 0.4) is 0 Å². The van der Waals surface area contributed by atoms with Crippen molar-refractivity contribution >= 4 is 17.4 Å². The van der Waals surface area contributed by atoms with Crippen LogP contribution in [0, 0.1) is 0 Å². The summed E-state index contributed by atoms with van der Waals surface area (Å²) in [6.45, 7) is 1.38. The van der Waals surface area contributed by atoms with Crippen molar-refractivity contribution in [3.63, 3.8) is 0 Å². The molecule has 0 amide bonds. The fraction of sp³-hybridized carbons (Fsp3) is 0.556. The Morgan fingerprint density at radius 3 is 2.71 bits per heavy atom. The van der Waals surface area contributed by atoms with Gasteiger partial charge in [-0.3, -0.25) is 4.98 Å². The summed E-state index contributed by atoms with van der Waals surface area (Å²) in [6, 6.07) is 0. The summed E-state index contributed by atoms with van der Waals surface area (Å²) in [5.41, 5.74) is 0. The molecule has 0 saturated carbocycles. The average Bonchev–Trinajstić information content (AvgIpc) is 2.19. The van der Waals surface area contributed by atoms with E-state index in [1.807, 2.05) is 4.90 Å². The van der Waals surface area contributed by atoms with Gasteiger partial charge in [0, 0.05) is 13.1 Å². The molecule has 5 heteroatoms. The van der Waals surface area contributed by atoms with E-state index in [0.717, 1.165) is 5.82 Å². The van der Waals surface area contributed by atoms with Crippen molar-refractivity contribution in [1.29, 1.82) is 0 Å². The maximum Gasteiger partial charge on any atom is 0.149 e. The molecular weight excluding hydrogens is 205 g/mol. The number of nitrogens with zero attached hydrogens (tertiary/aromatic N) is 3. The molecule has 1 aliphatic rings. The predicted octanol–water partition coefficient (Wildman–Crippen LogP) is 2.07. The first kappa shape index (κ1) is 9.65. The molecule has 2 rings (SSSR count). The van der Waals surface area contributed by atoms with Crippen LogP contribution in [0.15, 0.2) is 12.4 Å². The van der Waals surface area contributed by atoms with Crippen LogP contribution < -0.4 is 4.90 Å². The Balaban J connectivity index is 2.08. The van der Waals surface area contributed by atoms with Gasteiger partial charge in [-0.05, 0) is 12.8 Å². The summed E-state index contributed by atoms with van der Waals surface area (Å²) in [6.07, 6.45) is 3.61. The van der Waals surface area contributed by atoms with Crippen molar-refractivity contribution < 1.29 is 4.39 Å². The summed E-state index contributed by atoms with van der Waals surface area (Å²) in [4.78, 5) is 10.1. The fourth-order valence-electron chi connectivity index (χ4n) is 1.56. The fourth-order valence-corrected chi connectivity index (χ4v) is 1.70. The molecule has 0 atom stereocenters. The minimum absolute atomic E-state index is 0.380. The van der Waals surface area contributed by atoms with Gasteiger partial charge in [-0.2, -0.15) is 0 Å². The van der Waals surface area contributed by atoms with Crippen LogP contribution in [-0.4, -0.2) is 29.2 Å². The van der Waals surface area contributed by atoms with Crippen LogP contribution in [0.4, 0.5) is 10.2 Å². The number of anilines is 1. The second kappa shape index (κ2) is 4.09. The third-order valence-corrected chi connectivity index (χ3v) is 2.52. The lowest BCUT2D eigenvalue weighted by molar-refractivity contribution is 0.276. The molecule has 3 nitrogen and oxygen atoms in total. The Labute approximate surface area is 86.9 Å². The highest BCUT2D eigenvalue weighted by molar-refractivity contribution is 6.29. The highest BCUT2D eigenvalue weighted by atomic mass is 35.5. The Morgan fingerprint density at radius 1 is 1.36 bits per heavy atom. The van der Waals surface area contributed by atoms with Gasteiger partial charge in [0.05, 0.1) is 12.4 Å². The molecule has 0 N–H and O–H groups in total. The molecule has 1 aromatic heterocycles. The number of alkyl halides is 1. The Bertz CT molecular complexity index is 313. The highest BCUT2D eigenvalue weighted by Gasteiger charge is 2.19. The van der Waals surface area contributed by atoms with Gasteiger partial charge in [-0.1, -0.05) is 11.6 Å². The van der Waals surface area contributed by atoms with Crippen molar-refractivity contribution in [2.45, 2.75) is 19.0 Å². The van der Waals surface area contributed by atoms with Crippen molar-refractivity contribution in [2.24, 2.45) is 0 Å². The average molecular weight is 216 g/mol. The van der Waals surface area contributed by atoms with E-state index in [4.69, 9.17) is 11.6 Å². The van der Waals surface area contributed by atoms with Crippen molar-refractivity contribution in [3.05, 3.63) is 17.5 Å². The van der Waals surface area contributed by atoms with Crippen LogP contribution in [0.1, 0.15) is 12.8 Å². The van der Waals surface area contributed by atoms with E-state index in [0.29, 0.717) is 31.1 Å². The van der Waals surface area contributed by atoms with Gasteiger partial charge in [0.1, 0.15) is 17.1 Å². The Kier molecular flexibility index (Phi) is 2.82. The second-order valence-corrected chi connectivity index (χ2v) is 3.75. The first-order chi connectivity index (χ1) is 6.75. The summed E-state index contributed by atoms with van der Waals surface area (Å²) < 4.78 is 12.9. The normalized spacial score (nSPS) is 18.6. The van der Waals surface area contributed by atoms with E-state index in [-0.39, 0.29) is 0 Å². The SMILES string of the molecule is FC1CCN(c2cncc(Cl)n2)CC1. The third kappa shape index (κ3) is 2.12. The smallest absolute Gasteiger partial charge is 0.149 e. The Morgan fingerprint density at radius 2 is 2.07 bits per heavy atom. The quantitative estimate of drug-likeness (QED) is 0.718. The molecule has 1 saturated heterocycles. The minimum Gasteiger partial charge on any atom is -0.355 e. The summed E-state index contributed by atoms with van der Waals surface area (Å²) >= 11 is 5.72. The van der Waals surface area contributed by atoms with Crippen molar-refractivity contribution in [1.82, 2.24) is 9.97 Å². The molecule has 76 valence electrons. The van der Waals surface area contributed by atoms with Gasteiger partial charge in [0.2, 0.25) is 0 Å². The molecule has 0 aliphatic carbocycles. The van der Waals surface area contributed by atoms with Crippen LogP contribution in [0.25, 0.3) is 0 Å². The molecule has 1 aliphatic heterocycles. The van der Waals surface area contributed by atoms with Gasteiger partial charge >= 0.3 is 0 Å². The molecule has 2 heterocycles. The summed E-state index contributed by atoms with van der Waals surface area (Å²) in [5, 5.41) is 0.380. The lowest BCUT2D eigenvalue weighted by atomic mass is 10.1. The highest BCUT2D eigenvalue weighted by Crippen LogP contribution is 2.19. The lowest BCUT2D eigenvalue weighted by Gasteiger charge is -2.29. The van der Waals surface area contributed by atoms with Gasteiger partial charge in [-0.15, -0.1) is 0 Å². The lowest BCUT2D eigenvalue weighted by Crippen LogP contribution is -2.34. The zero-order chi connectivity index (χ0) is 9.97. The number of halogens is 2. The molecular formula is C9H11ClFN3. The van der Waals surface area contributed by atoms with Crippen LogP contribution >= 0.6 is 11.6 Å². The van der Waals surface area contributed by atoms with Gasteiger partial charge in [-0.25, -0.2) is 9.37 Å². The zero-order valence-corrected chi connectivity index (χ0v) is 8.41. The Hall–Kier alpha value is -0.900. The first-order valence-corrected chi connectivity index (χ1v) is 5.00. The summed E-state index contributed by atoms with van der Waals surface area (Å²) in [7, 11) is 0. The van der Waals surface area contributed by atoms with Crippen LogP contribution in [0.2, 0.25) is 5.15 Å². The molecule has 0 bridgehead atoms. The van der Waals surface area contributed by atoms with E-state index in [1.54, 1.807) is 6.20 Å². The number of rotatable bonds is 1. The van der Waals surface area contributed by atoms with Gasteiger partial charge < -0.3 is 4.90 Å². The molecule has 0 spiro atoms. The second-order valence-electron chi connectivity index (χ2n) is 3.36. The topological polar surface area (TPSA) is 29.0 Å². The summed E-state index contributed by atoms with van der Waals surface area (Å²) in [5.74, 6) is 0.740. The van der Waals surface area contributed by atoms with Gasteiger partial charge in [0.25, 0.3) is 0 Å². The third-order valence-electron chi connectivity index (χ3n) is 2.34. The molecule has 1 fully saturated rings. The minimum atomic E-state index is -0.668. The maximum atomic E-state index is 12.9. The van der Waals surface area contributed by atoms with Crippen LogP contribution in [-0.2, 0) is 0 Å². The number of piperidine rings is 1. The molecule has 1 aromatic rings. The largest absolute Gasteiger partial charge is 0.355 e. The molecule has 0 radical (unpaired) electrons. The van der Waals surface area contributed by atoms with E-state index >= 15 is 0 Å². The van der Waals surface area contributed by atoms with Gasteiger partial charge in [0.15, 0.2) is 0 Å². The van der Waals surface area contributed by atoms with Crippen molar-refractivity contribution in [2.75, 3.05) is 18.0 Å².